The summed E-state index contributed by atoms with van der Waals surface area (Å²) in [5.41, 5.74) is 6.99. The molecule has 3 rings (SSSR count). The zero-order chi connectivity index (χ0) is 15.0. The van der Waals surface area contributed by atoms with Gasteiger partial charge < -0.3 is 5.73 Å². The summed E-state index contributed by atoms with van der Waals surface area (Å²) in [7, 11) is 0. The standard InChI is InChI=1S/C14H9ClF2N4/c15-11-3-2-9(6-13(11)18)21-7-14(19-20-21)10-5-8(16)1-4-12(10)17/h1-7H,18H2. The first-order chi connectivity index (χ1) is 10.0. The van der Waals surface area contributed by atoms with E-state index in [-0.39, 0.29) is 11.3 Å². The molecule has 106 valence electrons. The van der Waals surface area contributed by atoms with Crippen LogP contribution in [-0.4, -0.2) is 15.0 Å². The highest BCUT2D eigenvalue weighted by molar-refractivity contribution is 6.33. The van der Waals surface area contributed by atoms with Gasteiger partial charge >= 0.3 is 0 Å². The molecule has 0 atom stereocenters. The third kappa shape index (κ3) is 2.57. The van der Waals surface area contributed by atoms with Gasteiger partial charge in [-0.3, -0.25) is 0 Å². The minimum atomic E-state index is -0.570. The Morgan fingerprint density at radius 1 is 1.10 bits per heavy atom. The quantitative estimate of drug-likeness (QED) is 0.738. The highest BCUT2D eigenvalue weighted by atomic mass is 35.5. The van der Waals surface area contributed by atoms with Crippen molar-refractivity contribution in [3.8, 4) is 16.9 Å². The topological polar surface area (TPSA) is 56.7 Å². The Bertz CT molecular complexity index is 816. The molecule has 3 aromatic rings. The first kappa shape index (κ1) is 13.5. The van der Waals surface area contributed by atoms with Crippen LogP contribution in [0.5, 0.6) is 0 Å². The molecule has 7 heteroatoms. The maximum Gasteiger partial charge on any atom is 0.132 e. The Morgan fingerprint density at radius 2 is 1.90 bits per heavy atom. The fourth-order valence-corrected chi connectivity index (χ4v) is 2.00. The van der Waals surface area contributed by atoms with Crippen LogP contribution < -0.4 is 5.73 Å². The largest absolute Gasteiger partial charge is 0.397 e. The van der Waals surface area contributed by atoms with Gasteiger partial charge in [0.2, 0.25) is 0 Å². The molecule has 21 heavy (non-hydrogen) atoms. The lowest BCUT2D eigenvalue weighted by atomic mass is 10.1. The van der Waals surface area contributed by atoms with Crippen molar-refractivity contribution < 1.29 is 8.78 Å². The van der Waals surface area contributed by atoms with Gasteiger partial charge in [-0.1, -0.05) is 16.8 Å². The molecule has 0 fully saturated rings. The number of anilines is 1. The van der Waals surface area contributed by atoms with E-state index in [2.05, 4.69) is 10.3 Å². The normalized spacial score (nSPS) is 10.8. The number of hydrogen-bond donors (Lipinski definition) is 1. The van der Waals surface area contributed by atoms with E-state index in [1.54, 1.807) is 18.2 Å². The van der Waals surface area contributed by atoms with Crippen molar-refractivity contribution in [3.05, 3.63) is 59.3 Å². The van der Waals surface area contributed by atoms with Crippen molar-refractivity contribution in [2.75, 3.05) is 5.73 Å². The Kier molecular flexibility index (Phi) is 3.31. The summed E-state index contributed by atoms with van der Waals surface area (Å²) >= 11 is 5.85. The molecule has 0 aliphatic carbocycles. The molecule has 0 saturated carbocycles. The predicted octanol–water partition coefficient (Wildman–Crippen LogP) is 3.45. The number of rotatable bonds is 2. The average molecular weight is 307 g/mol. The molecular weight excluding hydrogens is 298 g/mol. The fraction of sp³-hybridized carbons (Fsp3) is 0. The van der Waals surface area contributed by atoms with Crippen molar-refractivity contribution in [1.29, 1.82) is 0 Å². The smallest absolute Gasteiger partial charge is 0.132 e. The monoisotopic (exact) mass is 306 g/mol. The number of halogens is 3. The summed E-state index contributed by atoms with van der Waals surface area (Å²) in [6.07, 6.45) is 1.49. The molecule has 0 radical (unpaired) electrons. The van der Waals surface area contributed by atoms with Crippen LogP contribution in [0.1, 0.15) is 0 Å². The van der Waals surface area contributed by atoms with Crippen LogP contribution in [0.15, 0.2) is 42.6 Å². The lowest BCUT2D eigenvalue weighted by Gasteiger charge is -2.02. The highest BCUT2D eigenvalue weighted by Crippen LogP contribution is 2.24. The zero-order valence-corrected chi connectivity index (χ0v) is 11.4. The second-order valence-corrected chi connectivity index (χ2v) is 4.79. The molecule has 4 nitrogen and oxygen atoms in total. The highest BCUT2D eigenvalue weighted by Gasteiger charge is 2.11. The molecule has 0 bridgehead atoms. The van der Waals surface area contributed by atoms with E-state index in [4.69, 9.17) is 17.3 Å². The van der Waals surface area contributed by atoms with Gasteiger partial charge in [0, 0.05) is 5.56 Å². The first-order valence-electron chi connectivity index (χ1n) is 5.98. The molecule has 1 heterocycles. The van der Waals surface area contributed by atoms with Crippen LogP contribution in [0.4, 0.5) is 14.5 Å². The maximum atomic E-state index is 13.7. The van der Waals surface area contributed by atoms with E-state index in [1.165, 1.54) is 10.9 Å². The van der Waals surface area contributed by atoms with E-state index in [0.717, 1.165) is 18.2 Å². The zero-order valence-electron chi connectivity index (χ0n) is 10.6. The summed E-state index contributed by atoms with van der Waals surface area (Å²) < 4.78 is 28.3. The van der Waals surface area contributed by atoms with Gasteiger partial charge in [0.25, 0.3) is 0 Å². The summed E-state index contributed by atoms with van der Waals surface area (Å²) in [5.74, 6) is -1.12. The van der Waals surface area contributed by atoms with Gasteiger partial charge in [-0.2, -0.15) is 0 Å². The predicted molar refractivity (Wildman–Crippen MR) is 76.1 cm³/mol. The summed E-state index contributed by atoms with van der Waals surface area (Å²) in [6, 6.07) is 8.09. The van der Waals surface area contributed by atoms with Crippen LogP contribution in [0.25, 0.3) is 16.9 Å². The summed E-state index contributed by atoms with van der Waals surface area (Å²) in [6.45, 7) is 0. The second-order valence-electron chi connectivity index (χ2n) is 4.38. The van der Waals surface area contributed by atoms with Gasteiger partial charge in [0.15, 0.2) is 0 Å². The van der Waals surface area contributed by atoms with Gasteiger partial charge in [0.1, 0.15) is 17.3 Å². The van der Waals surface area contributed by atoms with Gasteiger partial charge in [-0.15, -0.1) is 5.10 Å². The number of nitrogens with two attached hydrogens (primary N) is 1. The van der Waals surface area contributed by atoms with E-state index >= 15 is 0 Å². The van der Waals surface area contributed by atoms with E-state index in [1.807, 2.05) is 0 Å². The van der Waals surface area contributed by atoms with Gasteiger partial charge in [0.05, 0.1) is 22.6 Å². The van der Waals surface area contributed by atoms with E-state index in [9.17, 15) is 8.78 Å². The lowest BCUT2D eigenvalue weighted by molar-refractivity contribution is 0.602. The maximum absolute atomic E-state index is 13.7. The van der Waals surface area contributed by atoms with Crippen LogP contribution >= 0.6 is 11.6 Å². The molecule has 0 amide bonds. The Hall–Kier alpha value is -2.47. The molecule has 2 N–H and O–H groups in total. The molecule has 0 saturated heterocycles. The molecular formula is C14H9ClF2N4. The van der Waals surface area contributed by atoms with Crippen molar-refractivity contribution in [2.24, 2.45) is 0 Å². The SMILES string of the molecule is Nc1cc(-n2cc(-c3cc(F)ccc3F)nn2)ccc1Cl. The van der Waals surface area contributed by atoms with Crippen LogP contribution in [0.3, 0.4) is 0 Å². The summed E-state index contributed by atoms with van der Waals surface area (Å²) in [4.78, 5) is 0. The lowest BCUT2D eigenvalue weighted by Crippen LogP contribution is -1.96. The van der Waals surface area contributed by atoms with Crippen molar-refractivity contribution >= 4 is 17.3 Å². The Morgan fingerprint density at radius 3 is 2.67 bits per heavy atom. The number of nitrogen functional groups attached to an aromatic ring is 1. The second kappa shape index (κ2) is 5.14. The van der Waals surface area contributed by atoms with E-state index in [0.29, 0.717) is 16.4 Å². The number of nitrogens with zero attached hydrogens (tertiary/aromatic N) is 3. The fourth-order valence-electron chi connectivity index (χ4n) is 1.88. The van der Waals surface area contributed by atoms with Crippen molar-refractivity contribution in [3.63, 3.8) is 0 Å². The number of benzene rings is 2. The third-order valence-corrected chi connectivity index (χ3v) is 3.29. The molecule has 2 aromatic carbocycles. The third-order valence-electron chi connectivity index (χ3n) is 2.94. The summed E-state index contributed by atoms with van der Waals surface area (Å²) in [5, 5.41) is 8.16. The number of hydrogen-bond acceptors (Lipinski definition) is 3. The Balaban J connectivity index is 2.03. The molecule has 1 aromatic heterocycles. The molecule has 0 spiro atoms. The van der Waals surface area contributed by atoms with Crippen LogP contribution in [0.2, 0.25) is 5.02 Å². The van der Waals surface area contributed by atoms with Gasteiger partial charge in [-0.05, 0) is 36.4 Å². The van der Waals surface area contributed by atoms with Crippen LogP contribution in [0, 0.1) is 11.6 Å². The first-order valence-corrected chi connectivity index (χ1v) is 6.35. The minimum absolute atomic E-state index is 0.0446. The van der Waals surface area contributed by atoms with Gasteiger partial charge in [-0.25, -0.2) is 13.5 Å². The Labute approximate surface area is 123 Å². The molecule has 0 aliphatic heterocycles. The van der Waals surface area contributed by atoms with Crippen LogP contribution in [-0.2, 0) is 0 Å². The average Bonchev–Trinajstić information content (AvgIpc) is 2.94. The van der Waals surface area contributed by atoms with E-state index < -0.39 is 11.6 Å². The van der Waals surface area contributed by atoms with Crippen molar-refractivity contribution in [2.45, 2.75) is 0 Å². The molecule has 0 aliphatic rings. The minimum Gasteiger partial charge on any atom is -0.397 e. The number of aromatic nitrogens is 3. The van der Waals surface area contributed by atoms with Crippen molar-refractivity contribution in [1.82, 2.24) is 15.0 Å². The molecule has 0 unspecified atom stereocenters.